The average Bonchev–Trinajstić information content (AvgIpc) is 2.52. The molecule has 0 aromatic rings. The minimum Gasteiger partial charge on any atom is -0.325 e. The molecule has 2 heterocycles. The van der Waals surface area contributed by atoms with E-state index in [1.54, 1.807) is 0 Å². The number of piperidine rings is 1. The van der Waals surface area contributed by atoms with Gasteiger partial charge in [-0.15, -0.1) is 0 Å². The van der Waals surface area contributed by atoms with E-state index < -0.39 is 9.84 Å². The van der Waals surface area contributed by atoms with Crippen LogP contribution in [0.15, 0.2) is 0 Å². The van der Waals surface area contributed by atoms with E-state index >= 15 is 0 Å². The van der Waals surface area contributed by atoms with Gasteiger partial charge in [0.1, 0.15) is 0 Å². The molecule has 2 fully saturated rings. The number of rotatable bonds is 2. The zero-order valence-corrected chi connectivity index (χ0v) is 11.5. The average molecular weight is 261 g/mol. The maximum Gasteiger partial charge on any atom is 0.153 e. The van der Waals surface area contributed by atoms with Crippen molar-refractivity contribution in [1.82, 2.24) is 9.80 Å². The lowest BCUT2D eigenvalue weighted by Crippen LogP contribution is -2.52. The van der Waals surface area contributed by atoms with Gasteiger partial charge in [-0.25, -0.2) is 8.42 Å². The Balaban J connectivity index is 1.93. The number of hydrogen-bond donors (Lipinski definition) is 1. The van der Waals surface area contributed by atoms with Crippen molar-refractivity contribution in [3.8, 4) is 0 Å². The summed E-state index contributed by atoms with van der Waals surface area (Å²) in [5.41, 5.74) is 5.95. The molecule has 0 aromatic carbocycles. The summed E-state index contributed by atoms with van der Waals surface area (Å²) < 4.78 is 23.1. The standard InChI is InChI=1S/C11H23N3O2S/c1-13(2)9-3-5-14(6-4-9)11-8-17(15,16)7-10(11)12/h9-11H,3-8,12H2,1-2H3. The van der Waals surface area contributed by atoms with E-state index in [4.69, 9.17) is 5.73 Å². The summed E-state index contributed by atoms with van der Waals surface area (Å²) in [6.07, 6.45) is 2.21. The molecule has 2 aliphatic heterocycles. The van der Waals surface area contributed by atoms with Crippen LogP contribution in [0.2, 0.25) is 0 Å². The Bertz CT molecular complexity index is 361. The third kappa shape index (κ3) is 2.99. The first-order valence-electron chi connectivity index (χ1n) is 6.25. The zero-order chi connectivity index (χ0) is 12.6. The van der Waals surface area contributed by atoms with Crippen molar-refractivity contribution in [3.63, 3.8) is 0 Å². The molecule has 2 saturated heterocycles. The van der Waals surface area contributed by atoms with Crippen molar-refractivity contribution in [2.45, 2.75) is 31.0 Å². The summed E-state index contributed by atoms with van der Waals surface area (Å²) in [6.45, 7) is 1.94. The Morgan fingerprint density at radius 1 is 1.18 bits per heavy atom. The molecule has 100 valence electrons. The van der Waals surface area contributed by atoms with Gasteiger partial charge in [-0.1, -0.05) is 0 Å². The Labute approximate surface area is 104 Å². The van der Waals surface area contributed by atoms with Crippen molar-refractivity contribution in [1.29, 1.82) is 0 Å². The molecule has 0 amide bonds. The van der Waals surface area contributed by atoms with E-state index in [2.05, 4.69) is 23.9 Å². The van der Waals surface area contributed by atoms with E-state index in [0.717, 1.165) is 25.9 Å². The Hall–Kier alpha value is -0.170. The van der Waals surface area contributed by atoms with E-state index in [9.17, 15) is 8.42 Å². The fourth-order valence-corrected chi connectivity index (χ4v) is 4.89. The summed E-state index contributed by atoms with van der Waals surface area (Å²) in [7, 11) is 1.31. The highest BCUT2D eigenvalue weighted by molar-refractivity contribution is 7.91. The van der Waals surface area contributed by atoms with Gasteiger partial charge in [0, 0.05) is 31.2 Å². The molecular formula is C11H23N3O2S. The minimum atomic E-state index is -2.90. The van der Waals surface area contributed by atoms with Crippen LogP contribution in [-0.2, 0) is 9.84 Å². The highest BCUT2D eigenvalue weighted by Gasteiger charge is 2.39. The largest absolute Gasteiger partial charge is 0.325 e. The zero-order valence-electron chi connectivity index (χ0n) is 10.7. The lowest BCUT2D eigenvalue weighted by molar-refractivity contribution is 0.111. The van der Waals surface area contributed by atoms with Gasteiger partial charge in [0.2, 0.25) is 0 Å². The van der Waals surface area contributed by atoms with Crippen LogP contribution in [0.3, 0.4) is 0 Å². The SMILES string of the molecule is CN(C)C1CCN(C2CS(=O)(=O)CC2N)CC1. The first kappa shape index (κ1) is 13.3. The second kappa shape index (κ2) is 4.84. The molecule has 17 heavy (non-hydrogen) atoms. The van der Waals surface area contributed by atoms with Gasteiger partial charge >= 0.3 is 0 Å². The number of nitrogens with two attached hydrogens (primary N) is 1. The van der Waals surface area contributed by atoms with Crippen molar-refractivity contribution in [3.05, 3.63) is 0 Å². The second-order valence-electron chi connectivity index (χ2n) is 5.54. The van der Waals surface area contributed by atoms with Crippen LogP contribution in [-0.4, -0.2) is 75.0 Å². The second-order valence-corrected chi connectivity index (χ2v) is 7.69. The van der Waals surface area contributed by atoms with Gasteiger partial charge in [-0.05, 0) is 26.9 Å². The first-order valence-corrected chi connectivity index (χ1v) is 8.07. The van der Waals surface area contributed by atoms with Crippen LogP contribution < -0.4 is 5.73 Å². The van der Waals surface area contributed by atoms with Gasteiger partial charge in [-0.2, -0.15) is 0 Å². The number of hydrogen-bond acceptors (Lipinski definition) is 5. The van der Waals surface area contributed by atoms with E-state index in [-0.39, 0.29) is 23.6 Å². The third-order valence-corrected chi connectivity index (χ3v) is 5.81. The quantitative estimate of drug-likeness (QED) is 0.700. The summed E-state index contributed by atoms with van der Waals surface area (Å²) in [5, 5.41) is 0. The molecule has 2 atom stereocenters. The highest BCUT2D eigenvalue weighted by Crippen LogP contribution is 2.22. The molecule has 2 rings (SSSR count). The molecule has 0 aromatic heterocycles. The fraction of sp³-hybridized carbons (Fsp3) is 1.00. The predicted molar refractivity (Wildman–Crippen MR) is 68.7 cm³/mol. The molecule has 2 N–H and O–H groups in total. The molecule has 0 bridgehead atoms. The summed E-state index contributed by atoms with van der Waals surface area (Å²) in [4.78, 5) is 4.53. The number of nitrogens with zero attached hydrogens (tertiary/aromatic N) is 2. The first-order chi connectivity index (χ1) is 7.89. The summed E-state index contributed by atoms with van der Waals surface area (Å²) in [6, 6.07) is 0.472. The molecule has 6 heteroatoms. The summed E-state index contributed by atoms with van der Waals surface area (Å²) in [5.74, 6) is 0.409. The predicted octanol–water partition coefficient (Wildman–Crippen LogP) is -0.863. The van der Waals surface area contributed by atoms with Crippen LogP contribution >= 0.6 is 0 Å². The van der Waals surface area contributed by atoms with Crippen LogP contribution in [0.4, 0.5) is 0 Å². The number of likely N-dealkylation sites (tertiary alicyclic amines) is 1. The monoisotopic (exact) mass is 261 g/mol. The lowest BCUT2D eigenvalue weighted by atomic mass is 10.0. The van der Waals surface area contributed by atoms with Crippen LogP contribution in [0.25, 0.3) is 0 Å². The molecule has 5 nitrogen and oxygen atoms in total. The lowest BCUT2D eigenvalue weighted by Gasteiger charge is -2.39. The smallest absolute Gasteiger partial charge is 0.153 e. The third-order valence-electron chi connectivity index (χ3n) is 4.06. The molecule has 2 unspecified atom stereocenters. The van der Waals surface area contributed by atoms with Gasteiger partial charge in [0.05, 0.1) is 11.5 Å². The molecule has 0 radical (unpaired) electrons. The maximum absolute atomic E-state index is 11.6. The summed E-state index contributed by atoms with van der Waals surface area (Å²) >= 11 is 0. The Morgan fingerprint density at radius 3 is 2.18 bits per heavy atom. The van der Waals surface area contributed by atoms with Gasteiger partial charge < -0.3 is 10.6 Å². The topological polar surface area (TPSA) is 66.6 Å². The minimum absolute atomic E-state index is 0.0445. The molecule has 2 aliphatic rings. The van der Waals surface area contributed by atoms with Gasteiger partial charge in [-0.3, -0.25) is 4.90 Å². The molecule has 0 spiro atoms. The Morgan fingerprint density at radius 2 is 1.76 bits per heavy atom. The molecule has 0 aliphatic carbocycles. The Kier molecular flexibility index (Phi) is 3.77. The van der Waals surface area contributed by atoms with Crippen molar-refractivity contribution < 1.29 is 8.42 Å². The van der Waals surface area contributed by atoms with Crippen LogP contribution in [0.1, 0.15) is 12.8 Å². The van der Waals surface area contributed by atoms with E-state index in [0.29, 0.717) is 6.04 Å². The normalized spacial score (nSPS) is 35.5. The molecular weight excluding hydrogens is 238 g/mol. The highest BCUT2D eigenvalue weighted by atomic mass is 32.2. The van der Waals surface area contributed by atoms with Gasteiger partial charge in [0.25, 0.3) is 0 Å². The van der Waals surface area contributed by atoms with Crippen molar-refractivity contribution >= 4 is 9.84 Å². The van der Waals surface area contributed by atoms with Crippen LogP contribution in [0, 0.1) is 0 Å². The fourth-order valence-electron chi connectivity index (χ4n) is 2.97. The van der Waals surface area contributed by atoms with E-state index in [1.807, 2.05) is 0 Å². The van der Waals surface area contributed by atoms with Crippen molar-refractivity contribution in [2.75, 3.05) is 38.7 Å². The molecule has 0 saturated carbocycles. The van der Waals surface area contributed by atoms with Crippen LogP contribution in [0.5, 0.6) is 0 Å². The number of sulfone groups is 1. The van der Waals surface area contributed by atoms with Crippen molar-refractivity contribution in [2.24, 2.45) is 5.73 Å². The van der Waals surface area contributed by atoms with E-state index in [1.165, 1.54) is 0 Å². The maximum atomic E-state index is 11.6. The van der Waals surface area contributed by atoms with Gasteiger partial charge in [0.15, 0.2) is 9.84 Å².